The van der Waals surface area contributed by atoms with Crippen LogP contribution in [-0.2, 0) is 3.79 Å². The van der Waals surface area contributed by atoms with Crippen LogP contribution in [0.3, 0.4) is 0 Å². The fourth-order valence-electron chi connectivity index (χ4n) is 3.56. The number of benzene rings is 3. The maximum absolute atomic E-state index is 12.1. The molecule has 0 aliphatic carbocycles. The van der Waals surface area contributed by atoms with E-state index in [-0.39, 0.29) is 39.8 Å². The van der Waals surface area contributed by atoms with Crippen molar-refractivity contribution in [2.45, 2.75) is 25.7 Å². The van der Waals surface area contributed by atoms with Crippen LogP contribution < -0.4 is 0 Å². The first kappa shape index (κ1) is 19.2. The lowest BCUT2D eigenvalue weighted by molar-refractivity contribution is 0.0746. The van der Waals surface area contributed by atoms with Gasteiger partial charge in [0.2, 0.25) is 0 Å². The summed E-state index contributed by atoms with van der Waals surface area (Å²) in [6, 6.07) is 23.8. The number of hydrogen-bond donors (Lipinski definition) is 1. The SMILES string of the molecule is CC(c1ccccc1)c1ccc(C(=O)[O][AlH2])c(O)c1C(C)c1ccccc1. The van der Waals surface area contributed by atoms with Gasteiger partial charge in [-0.2, -0.15) is 0 Å². The minimum Gasteiger partial charge on any atom is -0.618 e. The van der Waals surface area contributed by atoms with E-state index >= 15 is 0 Å². The summed E-state index contributed by atoms with van der Waals surface area (Å²) in [4.78, 5) is 12.1. The second kappa shape index (κ2) is 8.44. The summed E-state index contributed by atoms with van der Waals surface area (Å²) in [6.45, 7) is 4.18. The monoisotopic (exact) mass is 374 g/mol. The Bertz CT molecular complexity index is 923. The molecule has 0 bridgehead atoms. The highest BCUT2D eigenvalue weighted by Gasteiger charge is 2.25. The molecule has 3 rings (SSSR count). The molecule has 0 aliphatic heterocycles. The fourth-order valence-corrected chi connectivity index (χ4v) is 3.78. The van der Waals surface area contributed by atoms with Crippen molar-refractivity contribution in [2.24, 2.45) is 0 Å². The largest absolute Gasteiger partial charge is 0.618 e. The minimum atomic E-state index is -0.473. The Hall–Kier alpha value is -2.54. The van der Waals surface area contributed by atoms with Crippen LogP contribution in [0.4, 0.5) is 0 Å². The molecule has 3 aromatic carbocycles. The van der Waals surface area contributed by atoms with Gasteiger partial charge in [-0.15, -0.1) is 0 Å². The molecule has 4 heteroatoms. The molecule has 2 atom stereocenters. The molecule has 3 aromatic rings. The van der Waals surface area contributed by atoms with Crippen LogP contribution in [0, 0.1) is 0 Å². The molecule has 2 unspecified atom stereocenters. The Morgan fingerprint density at radius 1 is 0.852 bits per heavy atom. The number of rotatable bonds is 5. The molecule has 0 saturated heterocycles. The van der Waals surface area contributed by atoms with Gasteiger partial charge in [0.1, 0.15) is 5.75 Å². The van der Waals surface area contributed by atoms with Gasteiger partial charge in [0, 0.05) is 17.4 Å². The van der Waals surface area contributed by atoms with Gasteiger partial charge in [0.15, 0.2) is 0 Å². The molecule has 0 amide bonds. The van der Waals surface area contributed by atoms with Gasteiger partial charge in [0.25, 0.3) is 0 Å². The molecule has 0 radical (unpaired) electrons. The van der Waals surface area contributed by atoms with Crippen molar-refractivity contribution in [2.75, 3.05) is 0 Å². The third kappa shape index (κ3) is 3.93. The normalized spacial score (nSPS) is 13.0. The van der Waals surface area contributed by atoms with Crippen molar-refractivity contribution in [3.05, 3.63) is 101 Å². The van der Waals surface area contributed by atoms with Crippen molar-refractivity contribution in [1.82, 2.24) is 0 Å². The zero-order valence-corrected chi connectivity index (χ0v) is 17.8. The predicted molar refractivity (Wildman–Crippen MR) is 110 cm³/mol. The number of phenolic OH excluding ortho intramolecular Hbond substituents is 1. The molecule has 136 valence electrons. The standard InChI is InChI=1S/C23H22O3.Al.2H/c1-15(17-9-5-3-6-10-17)19-13-14-20(23(25)26)22(24)21(19)16(2)18-11-7-4-8-12-18;;;/h3-16,24H,1-2H3,(H,25,26);;;/q;+1;;/p-1. The fraction of sp³-hybridized carbons (Fsp3) is 0.174. The van der Waals surface area contributed by atoms with E-state index in [2.05, 4.69) is 26.0 Å². The summed E-state index contributed by atoms with van der Waals surface area (Å²) < 4.78 is 4.98. The number of aromatic hydroxyl groups is 1. The first-order chi connectivity index (χ1) is 13.0. The van der Waals surface area contributed by atoms with E-state index in [0.29, 0.717) is 0 Å². The topological polar surface area (TPSA) is 46.5 Å². The van der Waals surface area contributed by atoms with Crippen LogP contribution in [0.25, 0.3) is 0 Å². The van der Waals surface area contributed by atoms with Crippen LogP contribution in [0.1, 0.15) is 58.3 Å². The maximum Gasteiger partial charge on any atom is 0.499 e. The Kier molecular flexibility index (Phi) is 6.01. The molecular weight excluding hydrogens is 351 g/mol. The highest BCUT2D eigenvalue weighted by molar-refractivity contribution is 6.10. The molecule has 0 aromatic heterocycles. The Labute approximate surface area is 168 Å². The molecule has 3 nitrogen and oxygen atoms in total. The lowest BCUT2D eigenvalue weighted by Gasteiger charge is -2.24. The first-order valence-electron chi connectivity index (χ1n) is 9.08. The molecule has 27 heavy (non-hydrogen) atoms. The van der Waals surface area contributed by atoms with Gasteiger partial charge in [-0.25, -0.2) is 4.79 Å². The summed E-state index contributed by atoms with van der Waals surface area (Å²) in [5.74, 6) is -0.430. The number of carbonyl (C=O) groups excluding carboxylic acids is 1. The Morgan fingerprint density at radius 3 is 1.89 bits per heavy atom. The highest BCUT2D eigenvalue weighted by atomic mass is 27.1. The second-order valence-corrected chi connectivity index (χ2v) is 7.13. The minimum absolute atomic E-state index is 0.0208. The third-order valence-corrected chi connectivity index (χ3v) is 5.53. The number of hydrogen-bond acceptors (Lipinski definition) is 3. The van der Waals surface area contributed by atoms with Crippen LogP contribution in [0.2, 0.25) is 0 Å². The average molecular weight is 374 g/mol. The van der Waals surface area contributed by atoms with Crippen molar-refractivity contribution in [1.29, 1.82) is 0 Å². The number of phenols is 1. The average Bonchev–Trinajstić information content (AvgIpc) is 2.73. The second-order valence-electron chi connectivity index (χ2n) is 6.72. The Balaban J connectivity index is 2.18. The maximum atomic E-state index is 12.1. The predicted octanol–water partition coefficient (Wildman–Crippen LogP) is 4.40. The van der Waals surface area contributed by atoms with E-state index in [0.717, 1.165) is 22.3 Å². The van der Waals surface area contributed by atoms with Crippen molar-refractivity contribution >= 4 is 22.6 Å². The van der Waals surface area contributed by atoms with Gasteiger partial charge >= 0.3 is 22.6 Å². The van der Waals surface area contributed by atoms with Gasteiger partial charge in [-0.3, -0.25) is 0 Å². The lowest BCUT2D eigenvalue weighted by Crippen LogP contribution is -2.10. The van der Waals surface area contributed by atoms with Crippen LogP contribution >= 0.6 is 0 Å². The van der Waals surface area contributed by atoms with E-state index in [1.165, 1.54) is 0 Å². The van der Waals surface area contributed by atoms with Gasteiger partial charge in [0.05, 0.1) is 5.56 Å². The Morgan fingerprint density at radius 2 is 1.37 bits per heavy atom. The number of carbonyl (C=O) groups is 1. The summed E-state index contributed by atoms with van der Waals surface area (Å²) in [5.41, 5.74) is 4.27. The summed E-state index contributed by atoms with van der Waals surface area (Å²) >= 11 is 0.290. The quantitative estimate of drug-likeness (QED) is 0.674. The van der Waals surface area contributed by atoms with Crippen molar-refractivity contribution < 1.29 is 13.7 Å². The molecule has 0 spiro atoms. The molecule has 0 saturated carbocycles. The zero-order chi connectivity index (χ0) is 19.4. The molecule has 1 N–H and O–H groups in total. The van der Waals surface area contributed by atoms with E-state index < -0.39 is 5.97 Å². The van der Waals surface area contributed by atoms with Crippen molar-refractivity contribution in [3.8, 4) is 5.75 Å². The summed E-state index contributed by atoms with van der Waals surface area (Å²) in [7, 11) is 0. The van der Waals surface area contributed by atoms with Crippen LogP contribution in [0.15, 0.2) is 72.8 Å². The summed E-state index contributed by atoms with van der Waals surface area (Å²) in [5, 5.41) is 11.0. The summed E-state index contributed by atoms with van der Waals surface area (Å²) in [6.07, 6.45) is 0. The molecule has 0 fully saturated rings. The van der Waals surface area contributed by atoms with E-state index in [1.54, 1.807) is 6.07 Å². The smallest absolute Gasteiger partial charge is 0.499 e. The van der Waals surface area contributed by atoms with Gasteiger partial charge in [-0.1, -0.05) is 80.6 Å². The van der Waals surface area contributed by atoms with E-state index in [1.807, 2.05) is 54.6 Å². The molecule has 0 aliphatic rings. The van der Waals surface area contributed by atoms with Crippen LogP contribution in [0.5, 0.6) is 5.75 Å². The van der Waals surface area contributed by atoms with E-state index in [9.17, 15) is 9.90 Å². The van der Waals surface area contributed by atoms with Crippen LogP contribution in [-0.4, -0.2) is 27.7 Å². The highest BCUT2D eigenvalue weighted by Crippen LogP contribution is 2.41. The van der Waals surface area contributed by atoms with Gasteiger partial charge in [-0.05, 0) is 22.8 Å². The third-order valence-electron chi connectivity index (χ3n) is 5.15. The van der Waals surface area contributed by atoms with Gasteiger partial charge < -0.3 is 8.90 Å². The zero-order valence-electron chi connectivity index (χ0n) is 15.8. The van der Waals surface area contributed by atoms with Crippen molar-refractivity contribution in [3.63, 3.8) is 0 Å². The molecule has 0 heterocycles. The van der Waals surface area contributed by atoms with E-state index in [4.69, 9.17) is 3.79 Å². The lowest BCUT2D eigenvalue weighted by atomic mass is 9.81. The molecular formula is C23H23AlO3. The first-order valence-corrected chi connectivity index (χ1v) is 9.90.